The average molecular weight is 298 g/mol. The summed E-state index contributed by atoms with van der Waals surface area (Å²) in [7, 11) is 1.84. The first-order valence-electron chi connectivity index (χ1n) is 7.50. The Morgan fingerprint density at radius 3 is 2.86 bits per heavy atom. The molecule has 0 saturated carbocycles. The number of benzene rings is 1. The highest BCUT2D eigenvalue weighted by Gasteiger charge is 2.23. The third kappa shape index (κ3) is 2.03. The topological polar surface area (TPSA) is 74.2 Å². The fourth-order valence-electron chi connectivity index (χ4n) is 3.36. The number of nitrogens with one attached hydrogen (secondary N) is 1. The minimum atomic E-state index is -0.244. The summed E-state index contributed by atoms with van der Waals surface area (Å²) in [6.07, 6.45) is 0.564. The quantitative estimate of drug-likeness (QED) is 0.739. The smallest absolute Gasteiger partial charge is 0.257 e. The van der Waals surface area contributed by atoms with Gasteiger partial charge in [0.15, 0.2) is 0 Å². The Labute approximate surface area is 127 Å². The summed E-state index contributed by atoms with van der Waals surface area (Å²) in [5.41, 5.74) is 1.60. The zero-order valence-corrected chi connectivity index (χ0v) is 12.4. The Hall–Kier alpha value is -2.18. The van der Waals surface area contributed by atoms with Crippen molar-refractivity contribution < 1.29 is 5.11 Å². The van der Waals surface area contributed by atoms with Gasteiger partial charge in [-0.3, -0.25) is 14.4 Å². The van der Waals surface area contributed by atoms with E-state index >= 15 is 0 Å². The molecule has 1 fully saturated rings. The molecule has 0 radical (unpaired) electrons. The summed E-state index contributed by atoms with van der Waals surface area (Å²) in [5, 5.41) is 16.9. The molecular weight excluding hydrogens is 280 g/mol. The first-order valence-corrected chi connectivity index (χ1v) is 7.50. The first-order chi connectivity index (χ1) is 10.6. The molecule has 1 aromatic carbocycles. The fourth-order valence-corrected chi connectivity index (χ4v) is 3.36. The molecule has 2 N–H and O–H groups in total. The molecule has 3 aromatic rings. The number of fused-ring (bicyclic) bond motifs is 3. The van der Waals surface area contributed by atoms with Crippen LogP contribution in [0.3, 0.4) is 0 Å². The van der Waals surface area contributed by atoms with Gasteiger partial charge in [-0.05, 0) is 12.5 Å². The van der Waals surface area contributed by atoms with Crippen LogP contribution in [-0.4, -0.2) is 44.0 Å². The largest absolute Gasteiger partial charge is 0.392 e. The third-order valence-electron chi connectivity index (χ3n) is 4.41. The molecule has 0 spiro atoms. The number of hydrogen-bond donors (Lipinski definition) is 2. The monoisotopic (exact) mass is 298 g/mol. The second kappa shape index (κ2) is 4.93. The highest BCUT2D eigenvalue weighted by Crippen LogP contribution is 2.26. The maximum atomic E-state index is 12.2. The molecule has 22 heavy (non-hydrogen) atoms. The maximum Gasteiger partial charge on any atom is 0.257 e. The number of hydrogen-bond acceptors (Lipinski definition) is 4. The summed E-state index contributed by atoms with van der Waals surface area (Å²) in [6.45, 7) is 2.24. The van der Waals surface area contributed by atoms with Gasteiger partial charge in [0.1, 0.15) is 5.65 Å². The molecule has 1 aliphatic heterocycles. The lowest BCUT2D eigenvalue weighted by molar-refractivity contribution is 0.174. The average Bonchev–Trinajstić information content (AvgIpc) is 3.04. The summed E-state index contributed by atoms with van der Waals surface area (Å²) < 4.78 is 1.73. The molecule has 0 bridgehead atoms. The summed E-state index contributed by atoms with van der Waals surface area (Å²) in [6, 6.07) is 7.62. The van der Waals surface area contributed by atoms with E-state index in [0.717, 1.165) is 35.1 Å². The van der Waals surface area contributed by atoms with Gasteiger partial charge in [0.25, 0.3) is 5.56 Å². The second-order valence-electron chi connectivity index (χ2n) is 5.97. The van der Waals surface area contributed by atoms with Gasteiger partial charge in [0.2, 0.25) is 0 Å². The van der Waals surface area contributed by atoms with Crippen LogP contribution in [-0.2, 0) is 13.6 Å². The number of β-amino-alcohol motifs (C(OH)–C–C–N with tert-alkyl or cyclic N) is 1. The molecule has 4 rings (SSSR count). The van der Waals surface area contributed by atoms with E-state index in [4.69, 9.17) is 0 Å². The Balaban J connectivity index is 1.92. The van der Waals surface area contributed by atoms with Gasteiger partial charge in [0.05, 0.1) is 11.8 Å². The number of aromatic amines is 1. The lowest BCUT2D eigenvalue weighted by Gasteiger charge is -2.13. The lowest BCUT2D eigenvalue weighted by atomic mass is 10.1. The van der Waals surface area contributed by atoms with E-state index < -0.39 is 0 Å². The predicted octanol–water partition coefficient (Wildman–Crippen LogP) is 0.981. The third-order valence-corrected chi connectivity index (χ3v) is 4.41. The van der Waals surface area contributed by atoms with E-state index in [1.807, 2.05) is 31.3 Å². The van der Waals surface area contributed by atoms with E-state index in [1.54, 1.807) is 4.68 Å². The number of nitrogens with zero attached hydrogens (tertiary/aromatic N) is 3. The number of aliphatic hydroxyl groups is 1. The fraction of sp³-hybridized carbons (Fsp3) is 0.375. The van der Waals surface area contributed by atoms with Crippen LogP contribution >= 0.6 is 0 Å². The van der Waals surface area contributed by atoms with E-state index in [1.165, 1.54) is 0 Å². The molecule has 1 atom stereocenters. The zero-order valence-electron chi connectivity index (χ0n) is 12.4. The normalized spacial score (nSPS) is 19.5. The number of rotatable bonds is 2. The molecule has 0 unspecified atom stereocenters. The maximum absolute atomic E-state index is 12.2. The van der Waals surface area contributed by atoms with Crippen molar-refractivity contribution >= 4 is 21.8 Å². The minimum absolute atomic E-state index is 0.0887. The van der Waals surface area contributed by atoms with Gasteiger partial charge in [-0.15, -0.1) is 0 Å². The Morgan fingerprint density at radius 1 is 1.36 bits per heavy atom. The number of likely N-dealkylation sites (tertiary alicyclic amines) is 1. The van der Waals surface area contributed by atoms with Crippen molar-refractivity contribution in [3.05, 3.63) is 40.3 Å². The molecular formula is C16H18N4O2. The molecule has 6 heteroatoms. The molecule has 1 saturated heterocycles. The molecule has 3 heterocycles. The van der Waals surface area contributed by atoms with Crippen LogP contribution in [0.15, 0.2) is 29.1 Å². The van der Waals surface area contributed by atoms with Crippen LogP contribution in [0.2, 0.25) is 0 Å². The van der Waals surface area contributed by atoms with Crippen molar-refractivity contribution in [3.8, 4) is 0 Å². The van der Waals surface area contributed by atoms with Crippen molar-refractivity contribution in [2.24, 2.45) is 7.05 Å². The van der Waals surface area contributed by atoms with Crippen LogP contribution in [0, 0.1) is 0 Å². The molecule has 0 aliphatic carbocycles. The highest BCUT2D eigenvalue weighted by atomic mass is 16.3. The van der Waals surface area contributed by atoms with Gasteiger partial charge in [0, 0.05) is 42.8 Å². The standard InChI is InChI=1S/C16H18N4O2/c1-19-15-14(11-4-2-3-5-12(11)16(22)17-15)13(18-19)9-20-7-6-10(21)8-20/h2-5,10,21H,6-9H2,1H3,(H,17,22)/t10-/m0/s1. The van der Waals surface area contributed by atoms with E-state index in [-0.39, 0.29) is 11.7 Å². The van der Waals surface area contributed by atoms with Crippen LogP contribution in [0.4, 0.5) is 0 Å². The summed E-state index contributed by atoms with van der Waals surface area (Å²) in [4.78, 5) is 17.3. The Kier molecular flexibility index (Phi) is 3.02. The molecule has 0 amide bonds. The van der Waals surface area contributed by atoms with Gasteiger partial charge >= 0.3 is 0 Å². The van der Waals surface area contributed by atoms with Crippen LogP contribution in [0.25, 0.3) is 21.8 Å². The molecule has 114 valence electrons. The zero-order chi connectivity index (χ0) is 15.3. The van der Waals surface area contributed by atoms with Crippen LogP contribution < -0.4 is 5.56 Å². The van der Waals surface area contributed by atoms with Gasteiger partial charge in [-0.2, -0.15) is 5.10 Å². The number of aromatic nitrogens is 3. The number of aryl methyl sites for hydroxylation is 1. The van der Waals surface area contributed by atoms with Crippen LogP contribution in [0.5, 0.6) is 0 Å². The van der Waals surface area contributed by atoms with E-state index in [9.17, 15) is 9.90 Å². The highest BCUT2D eigenvalue weighted by molar-refractivity contribution is 6.05. The van der Waals surface area contributed by atoms with Crippen molar-refractivity contribution in [2.45, 2.75) is 19.1 Å². The summed E-state index contributed by atoms with van der Waals surface area (Å²) in [5.74, 6) is 0. The van der Waals surface area contributed by atoms with Crippen molar-refractivity contribution in [2.75, 3.05) is 13.1 Å². The van der Waals surface area contributed by atoms with E-state index in [0.29, 0.717) is 18.5 Å². The van der Waals surface area contributed by atoms with Gasteiger partial charge in [-0.25, -0.2) is 0 Å². The molecule has 1 aliphatic rings. The van der Waals surface area contributed by atoms with Crippen LogP contribution in [0.1, 0.15) is 12.1 Å². The van der Waals surface area contributed by atoms with Crippen molar-refractivity contribution in [1.82, 2.24) is 19.7 Å². The van der Waals surface area contributed by atoms with Gasteiger partial charge < -0.3 is 10.1 Å². The second-order valence-corrected chi connectivity index (χ2v) is 5.97. The van der Waals surface area contributed by atoms with E-state index in [2.05, 4.69) is 15.0 Å². The Morgan fingerprint density at radius 2 is 2.14 bits per heavy atom. The predicted molar refractivity (Wildman–Crippen MR) is 84.7 cm³/mol. The lowest BCUT2D eigenvalue weighted by Crippen LogP contribution is -2.22. The minimum Gasteiger partial charge on any atom is -0.392 e. The molecule has 2 aromatic heterocycles. The van der Waals surface area contributed by atoms with Crippen molar-refractivity contribution in [1.29, 1.82) is 0 Å². The van der Waals surface area contributed by atoms with Gasteiger partial charge in [-0.1, -0.05) is 18.2 Å². The number of aliphatic hydroxyl groups excluding tert-OH is 1. The molecule has 6 nitrogen and oxygen atoms in total. The number of pyridine rings is 1. The summed E-state index contributed by atoms with van der Waals surface area (Å²) >= 11 is 0. The Bertz CT molecular complexity index is 912. The first kappa shape index (κ1) is 13.5. The van der Waals surface area contributed by atoms with Crippen molar-refractivity contribution in [3.63, 3.8) is 0 Å². The SMILES string of the molecule is Cn1nc(CN2CC[C@H](O)C2)c2c3ccccc3c(=O)[nH]c21. The number of H-pyrrole nitrogens is 1.